The van der Waals surface area contributed by atoms with E-state index in [2.05, 4.69) is 26.1 Å². The van der Waals surface area contributed by atoms with Crippen LogP contribution in [0.4, 0.5) is 0 Å². The molecule has 0 aliphatic heterocycles. The molecular weight excluding hydrogens is 226 g/mol. The predicted octanol–water partition coefficient (Wildman–Crippen LogP) is 3.09. The van der Waals surface area contributed by atoms with Crippen LogP contribution in [0.25, 0.3) is 0 Å². The monoisotopic (exact) mass is 259 g/mol. The number of nitrogens with one attached hydrogen (secondary N) is 1. The maximum atomic E-state index is 5.63. The molecule has 0 aromatic heterocycles. The van der Waals surface area contributed by atoms with Crippen LogP contribution in [0.5, 0.6) is 0 Å². The third-order valence-electron chi connectivity index (χ3n) is 2.99. The summed E-state index contributed by atoms with van der Waals surface area (Å²) in [5, 5.41) is 3.56. The van der Waals surface area contributed by atoms with Crippen LogP contribution in [-0.4, -0.2) is 40.0 Å². The van der Waals surface area contributed by atoms with Gasteiger partial charge in [0.25, 0.3) is 0 Å². The van der Waals surface area contributed by atoms with Gasteiger partial charge >= 0.3 is 0 Å². The van der Waals surface area contributed by atoms with Gasteiger partial charge in [0.2, 0.25) is 0 Å². The van der Waals surface area contributed by atoms with Crippen molar-refractivity contribution < 1.29 is 9.47 Å². The van der Waals surface area contributed by atoms with Gasteiger partial charge in [-0.3, -0.25) is 0 Å². The zero-order valence-electron chi connectivity index (χ0n) is 12.8. The summed E-state index contributed by atoms with van der Waals surface area (Å²) < 4.78 is 10.6. The molecule has 3 nitrogen and oxygen atoms in total. The number of rotatable bonds is 13. The van der Waals surface area contributed by atoms with E-state index in [0.717, 1.165) is 51.2 Å². The fourth-order valence-electron chi connectivity index (χ4n) is 1.99. The first-order valence-corrected chi connectivity index (χ1v) is 7.48. The van der Waals surface area contributed by atoms with E-state index < -0.39 is 0 Å². The highest BCUT2D eigenvalue weighted by atomic mass is 16.5. The molecule has 3 heteroatoms. The van der Waals surface area contributed by atoms with Gasteiger partial charge in [-0.1, -0.05) is 27.2 Å². The Balaban J connectivity index is 3.50. The zero-order chi connectivity index (χ0) is 13.6. The maximum absolute atomic E-state index is 5.63. The van der Waals surface area contributed by atoms with Crippen molar-refractivity contribution in [2.75, 3.05) is 40.0 Å². The van der Waals surface area contributed by atoms with Crippen molar-refractivity contribution in [3.8, 4) is 0 Å². The molecule has 0 saturated heterocycles. The van der Waals surface area contributed by atoms with E-state index in [1.807, 2.05) is 0 Å². The van der Waals surface area contributed by atoms with E-state index in [0.29, 0.717) is 0 Å². The normalized spacial score (nSPS) is 13.2. The van der Waals surface area contributed by atoms with E-state index in [9.17, 15) is 0 Å². The van der Waals surface area contributed by atoms with Crippen molar-refractivity contribution in [3.63, 3.8) is 0 Å². The Hall–Kier alpha value is -0.120. The van der Waals surface area contributed by atoms with E-state index in [4.69, 9.17) is 9.47 Å². The molecule has 110 valence electrons. The lowest BCUT2D eigenvalue weighted by atomic mass is 10.00. The standard InChI is InChI=1S/C15H33NO2/c1-5-7-15(13-16-12-14(2)3)8-11-18-10-6-9-17-4/h14-16H,5-13H2,1-4H3. The smallest absolute Gasteiger partial charge is 0.0487 e. The van der Waals surface area contributed by atoms with Gasteiger partial charge in [0.05, 0.1) is 0 Å². The van der Waals surface area contributed by atoms with Crippen LogP contribution in [0.1, 0.15) is 46.5 Å². The van der Waals surface area contributed by atoms with Crippen LogP contribution in [0, 0.1) is 11.8 Å². The Morgan fingerprint density at radius 1 is 1.00 bits per heavy atom. The highest BCUT2D eigenvalue weighted by Gasteiger charge is 2.07. The Morgan fingerprint density at radius 2 is 1.78 bits per heavy atom. The van der Waals surface area contributed by atoms with Crippen molar-refractivity contribution in [1.82, 2.24) is 5.32 Å². The molecule has 0 bridgehead atoms. The SMILES string of the molecule is CCCC(CCOCCCOC)CNCC(C)C. The van der Waals surface area contributed by atoms with E-state index >= 15 is 0 Å². The van der Waals surface area contributed by atoms with Gasteiger partial charge < -0.3 is 14.8 Å². The van der Waals surface area contributed by atoms with Crippen LogP contribution in [0.3, 0.4) is 0 Å². The molecule has 0 saturated carbocycles. The summed E-state index contributed by atoms with van der Waals surface area (Å²) in [6, 6.07) is 0. The summed E-state index contributed by atoms with van der Waals surface area (Å²) in [7, 11) is 1.73. The topological polar surface area (TPSA) is 30.5 Å². The summed E-state index contributed by atoms with van der Waals surface area (Å²) in [6.07, 6.45) is 4.73. The van der Waals surface area contributed by atoms with Gasteiger partial charge in [-0.15, -0.1) is 0 Å². The van der Waals surface area contributed by atoms with E-state index in [1.54, 1.807) is 7.11 Å². The molecule has 0 amide bonds. The summed E-state index contributed by atoms with van der Waals surface area (Å²) in [5.74, 6) is 1.49. The van der Waals surface area contributed by atoms with Crippen molar-refractivity contribution in [2.45, 2.75) is 46.5 Å². The molecule has 0 rings (SSSR count). The second-order valence-electron chi connectivity index (χ2n) is 5.45. The van der Waals surface area contributed by atoms with Gasteiger partial charge in [0.1, 0.15) is 0 Å². The Labute approximate surface area is 114 Å². The molecule has 0 heterocycles. The van der Waals surface area contributed by atoms with Crippen molar-refractivity contribution in [3.05, 3.63) is 0 Å². The number of methoxy groups -OCH3 is 1. The lowest BCUT2D eigenvalue weighted by Crippen LogP contribution is -2.27. The second kappa shape index (κ2) is 13.3. The van der Waals surface area contributed by atoms with E-state index in [1.165, 1.54) is 19.3 Å². The molecule has 1 N–H and O–H groups in total. The van der Waals surface area contributed by atoms with Gasteiger partial charge in [-0.2, -0.15) is 0 Å². The molecule has 1 atom stereocenters. The highest BCUT2D eigenvalue weighted by Crippen LogP contribution is 2.10. The van der Waals surface area contributed by atoms with Crippen LogP contribution in [-0.2, 0) is 9.47 Å². The lowest BCUT2D eigenvalue weighted by Gasteiger charge is -2.18. The average molecular weight is 259 g/mol. The number of ether oxygens (including phenoxy) is 2. The van der Waals surface area contributed by atoms with Crippen molar-refractivity contribution >= 4 is 0 Å². The molecule has 0 spiro atoms. The third kappa shape index (κ3) is 12.3. The largest absolute Gasteiger partial charge is 0.385 e. The van der Waals surface area contributed by atoms with Gasteiger partial charge in [0.15, 0.2) is 0 Å². The third-order valence-corrected chi connectivity index (χ3v) is 2.99. The summed E-state index contributed by atoms with van der Waals surface area (Å²) in [4.78, 5) is 0. The number of hydrogen-bond acceptors (Lipinski definition) is 3. The first-order chi connectivity index (χ1) is 8.70. The van der Waals surface area contributed by atoms with E-state index in [-0.39, 0.29) is 0 Å². The minimum Gasteiger partial charge on any atom is -0.385 e. The average Bonchev–Trinajstić information content (AvgIpc) is 2.33. The Kier molecular flexibility index (Phi) is 13.2. The van der Waals surface area contributed by atoms with Crippen molar-refractivity contribution in [1.29, 1.82) is 0 Å². The first-order valence-electron chi connectivity index (χ1n) is 7.48. The fourth-order valence-corrected chi connectivity index (χ4v) is 1.99. The highest BCUT2D eigenvalue weighted by molar-refractivity contribution is 4.63. The molecular formula is C15H33NO2. The Bertz CT molecular complexity index is 163. The Morgan fingerprint density at radius 3 is 2.39 bits per heavy atom. The van der Waals surface area contributed by atoms with Crippen LogP contribution in [0.15, 0.2) is 0 Å². The minimum absolute atomic E-state index is 0.734. The quantitative estimate of drug-likeness (QED) is 0.516. The lowest BCUT2D eigenvalue weighted by molar-refractivity contribution is 0.0927. The van der Waals surface area contributed by atoms with Gasteiger partial charge in [0, 0.05) is 26.9 Å². The summed E-state index contributed by atoms with van der Waals surface area (Å²) in [6.45, 7) is 11.5. The molecule has 0 radical (unpaired) electrons. The van der Waals surface area contributed by atoms with Crippen molar-refractivity contribution in [2.24, 2.45) is 11.8 Å². The molecule has 0 aliphatic carbocycles. The molecule has 0 aliphatic rings. The first kappa shape index (κ1) is 17.9. The maximum Gasteiger partial charge on any atom is 0.0487 e. The molecule has 0 aromatic carbocycles. The van der Waals surface area contributed by atoms with Gasteiger partial charge in [-0.25, -0.2) is 0 Å². The molecule has 0 aromatic rings. The molecule has 0 fully saturated rings. The predicted molar refractivity (Wildman–Crippen MR) is 78.0 cm³/mol. The minimum atomic E-state index is 0.734. The van der Waals surface area contributed by atoms with Crippen LogP contribution in [0.2, 0.25) is 0 Å². The summed E-state index contributed by atoms with van der Waals surface area (Å²) >= 11 is 0. The number of hydrogen-bond donors (Lipinski definition) is 1. The molecule has 18 heavy (non-hydrogen) atoms. The second-order valence-corrected chi connectivity index (χ2v) is 5.45. The van der Waals surface area contributed by atoms with Gasteiger partial charge in [-0.05, 0) is 44.2 Å². The summed E-state index contributed by atoms with van der Waals surface area (Å²) in [5.41, 5.74) is 0. The fraction of sp³-hybridized carbons (Fsp3) is 1.00. The van der Waals surface area contributed by atoms with Crippen LogP contribution < -0.4 is 5.32 Å². The molecule has 1 unspecified atom stereocenters. The van der Waals surface area contributed by atoms with Crippen LogP contribution >= 0.6 is 0 Å². The zero-order valence-corrected chi connectivity index (χ0v) is 12.8.